The quantitative estimate of drug-likeness (QED) is 0.118. The zero-order valence-corrected chi connectivity index (χ0v) is 36.4. The lowest BCUT2D eigenvalue weighted by molar-refractivity contribution is 0.479. The van der Waals surface area contributed by atoms with Crippen molar-refractivity contribution in [3.8, 4) is 56.3 Å². The van der Waals surface area contributed by atoms with E-state index in [1.54, 1.807) is 0 Å². The molecule has 0 atom stereocenters. The summed E-state index contributed by atoms with van der Waals surface area (Å²) < 4.78 is 16.3. The topological polar surface area (TPSA) is 23.4 Å². The van der Waals surface area contributed by atoms with E-state index < -0.39 is 8.07 Å². The van der Waals surface area contributed by atoms with Gasteiger partial charge in [0.1, 0.15) is 17.2 Å². The Hall–Kier alpha value is -8.12. The minimum Gasteiger partial charge on any atom is -0.551 e. The van der Waals surface area contributed by atoms with E-state index in [0.29, 0.717) is 0 Å². The summed E-state index contributed by atoms with van der Waals surface area (Å²) in [7, 11) is -2.75. The highest BCUT2D eigenvalue weighted by Crippen LogP contribution is 2.43. The third kappa shape index (κ3) is 5.90. The highest BCUT2D eigenvalue weighted by molar-refractivity contribution is 7.19. The van der Waals surface area contributed by atoms with Crippen molar-refractivity contribution in [3.63, 3.8) is 0 Å². The van der Waals surface area contributed by atoms with Crippen LogP contribution in [-0.4, -0.2) is 19.6 Å². The Morgan fingerprint density at radius 2 is 0.892 bits per heavy atom. The maximum absolute atomic E-state index is 7.09. The van der Waals surface area contributed by atoms with Crippen molar-refractivity contribution < 1.29 is 9.39 Å². The molecule has 10 aromatic carbocycles. The third-order valence-electron chi connectivity index (χ3n) is 13.6. The van der Waals surface area contributed by atoms with Gasteiger partial charge in [0.15, 0.2) is 8.07 Å². The highest BCUT2D eigenvalue weighted by atomic mass is 28.3. The van der Waals surface area contributed by atoms with Gasteiger partial charge in [-0.15, -0.1) is 0 Å². The number of fused-ring (bicyclic) bond motifs is 7. The molecule has 0 aliphatic carbocycles. The second-order valence-corrected chi connectivity index (χ2v) is 20.9. The van der Waals surface area contributed by atoms with E-state index in [0.717, 1.165) is 67.2 Å². The van der Waals surface area contributed by atoms with E-state index in [1.807, 2.05) is 6.07 Å². The van der Waals surface area contributed by atoms with E-state index in [1.165, 1.54) is 42.6 Å². The van der Waals surface area contributed by atoms with Crippen LogP contribution in [0.15, 0.2) is 243 Å². The Balaban J connectivity index is 0.944. The summed E-state index contributed by atoms with van der Waals surface area (Å²) in [5.74, 6) is 2.52. The SMILES string of the molecule is c1ccc([Si](c2ccccc2)(c2ccccc2)c2cccc(-c3cc4c5c(c3)-c3ccc(-c6ccc(-n7c8ccccc8c8ccccc87)cc6)cc3OB5c3ccccc3O4)c2)cc1. The molecule has 0 unspecified atom stereocenters. The van der Waals surface area contributed by atoms with Crippen molar-refractivity contribution in [1.29, 1.82) is 0 Å². The summed E-state index contributed by atoms with van der Waals surface area (Å²) in [6.07, 6.45) is 0. The van der Waals surface area contributed by atoms with Gasteiger partial charge < -0.3 is 14.0 Å². The lowest BCUT2D eigenvalue weighted by atomic mass is 9.50. The van der Waals surface area contributed by atoms with Crippen LogP contribution in [-0.2, 0) is 0 Å². The highest BCUT2D eigenvalue weighted by Gasteiger charge is 2.43. The van der Waals surface area contributed by atoms with E-state index in [2.05, 4.69) is 241 Å². The van der Waals surface area contributed by atoms with Crippen LogP contribution in [0.4, 0.5) is 0 Å². The van der Waals surface area contributed by atoms with Crippen LogP contribution in [0.3, 0.4) is 0 Å². The Bertz CT molecular complexity index is 3460. The predicted octanol–water partition coefficient (Wildman–Crippen LogP) is 10.8. The van der Waals surface area contributed by atoms with Crippen LogP contribution in [0, 0.1) is 0 Å². The molecule has 13 rings (SSSR count). The Labute approximate surface area is 379 Å². The minimum atomic E-state index is -2.75. The first-order valence-electron chi connectivity index (χ1n) is 22.3. The van der Waals surface area contributed by atoms with Crippen molar-refractivity contribution in [3.05, 3.63) is 243 Å². The summed E-state index contributed by atoms with van der Waals surface area (Å²) in [6, 6.07) is 88.4. The molecule has 11 aromatic rings. The van der Waals surface area contributed by atoms with Gasteiger partial charge in [-0.25, -0.2) is 0 Å². The number of aromatic nitrogens is 1. The van der Waals surface area contributed by atoms with Crippen LogP contribution < -0.4 is 41.1 Å². The molecule has 0 saturated carbocycles. The van der Waals surface area contributed by atoms with Crippen molar-refractivity contribution >= 4 is 68.5 Å². The van der Waals surface area contributed by atoms with Crippen LogP contribution in [0.25, 0.3) is 60.9 Å². The molecule has 304 valence electrons. The van der Waals surface area contributed by atoms with Gasteiger partial charge in [-0.3, -0.25) is 0 Å². The van der Waals surface area contributed by atoms with Gasteiger partial charge in [-0.05, 0) is 97.1 Å². The average Bonchev–Trinajstić information content (AvgIpc) is 3.72. The first kappa shape index (κ1) is 37.4. The smallest absolute Gasteiger partial charge is 0.434 e. The van der Waals surface area contributed by atoms with Crippen LogP contribution in [0.5, 0.6) is 17.2 Å². The fourth-order valence-corrected chi connectivity index (χ4v) is 15.5. The number of ether oxygens (including phenoxy) is 1. The van der Waals surface area contributed by atoms with Gasteiger partial charge in [0.25, 0.3) is 0 Å². The first-order chi connectivity index (χ1) is 32.2. The number of nitrogens with zero attached hydrogens (tertiary/aromatic N) is 1. The van der Waals surface area contributed by atoms with E-state index in [4.69, 9.17) is 9.39 Å². The molecule has 0 N–H and O–H groups in total. The summed E-state index contributed by atoms with van der Waals surface area (Å²) in [5.41, 5.74) is 12.3. The molecule has 0 spiro atoms. The Morgan fingerprint density at radius 1 is 0.354 bits per heavy atom. The lowest BCUT2D eigenvalue weighted by Crippen LogP contribution is -2.74. The predicted molar refractivity (Wildman–Crippen MR) is 273 cm³/mol. The van der Waals surface area contributed by atoms with Gasteiger partial charge in [0.2, 0.25) is 0 Å². The second kappa shape index (κ2) is 15.0. The maximum Gasteiger partial charge on any atom is 0.434 e. The van der Waals surface area contributed by atoms with Gasteiger partial charge in [0.05, 0.1) is 11.0 Å². The van der Waals surface area contributed by atoms with Crippen LogP contribution >= 0.6 is 0 Å². The third-order valence-corrected chi connectivity index (χ3v) is 18.4. The zero-order chi connectivity index (χ0) is 42.9. The molecule has 0 bridgehead atoms. The Kier molecular flexibility index (Phi) is 8.65. The standard InChI is InChI=1S/C60H40BNO2Si/c1-4-18-46(19-5-1)65(47-20-6-2-7-21-47,48-22-8-3-9-23-48)49-24-16-17-42(37-49)44-38-53-52-36-33-43(39-58(52)64-61-54-27-12-15-30-57(54)63-59(40-44)60(53)61)41-31-34-45(35-32-41)62-55-28-13-10-25-50(55)51-26-11-14-29-56(51)62/h1-40H. The molecular formula is C60H40BNO2Si. The van der Waals surface area contributed by atoms with Crippen molar-refractivity contribution in [1.82, 2.24) is 4.57 Å². The van der Waals surface area contributed by atoms with Gasteiger partial charge in [0, 0.05) is 32.9 Å². The monoisotopic (exact) mass is 845 g/mol. The molecular weight excluding hydrogens is 806 g/mol. The summed E-state index contributed by atoms with van der Waals surface area (Å²) in [4.78, 5) is 0. The fraction of sp³-hybridized carbons (Fsp3) is 0. The molecule has 5 heteroatoms. The number of benzene rings is 10. The molecule has 2 aliphatic heterocycles. The largest absolute Gasteiger partial charge is 0.551 e. The summed E-state index contributed by atoms with van der Waals surface area (Å²) in [5, 5.41) is 7.89. The van der Waals surface area contributed by atoms with Crippen molar-refractivity contribution in [2.24, 2.45) is 0 Å². The van der Waals surface area contributed by atoms with E-state index in [9.17, 15) is 0 Å². The number of hydrogen-bond donors (Lipinski definition) is 0. The molecule has 0 radical (unpaired) electrons. The lowest BCUT2D eigenvalue weighted by Gasteiger charge is -2.35. The fourth-order valence-electron chi connectivity index (χ4n) is 10.7. The number of para-hydroxylation sites is 3. The first-order valence-corrected chi connectivity index (χ1v) is 24.3. The molecule has 65 heavy (non-hydrogen) atoms. The number of hydrogen-bond acceptors (Lipinski definition) is 2. The van der Waals surface area contributed by atoms with Crippen molar-refractivity contribution in [2.75, 3.05) is 0 Å². The molecule has 0 amide bonds. The van der Waals surface area contributed by atoms with Gasteiger partial charge in [-0.1, -0.05) is 194 Å². The summed E-state index contributed by atoms with van der Waals surface area (Å²) >= 11 is 0. The Morgan fingerprint density at radius 3 is 1.55 bits per heavy atom. The average molecular weight is 846 g/mol. The molecule has 3 heterocycles. The minimum absolute atomic E-state index is 0.305. The molecule has 2 aliphatic rings. The normalized spacial score (nSPS) is 12.5. The molecule has 3 nitrogen and oxygen atoms in total. The zero-order valence-electron chi connectivity index (χ0n) is 35.4. The molecule has 0 fully saturated rings. The maximum atomic E-state index is 7.09. The second-order valence-electron chi connectivity index (χ2n) is 17.1. The number of rotatable bonds is 7. The molecule has 0 saturated heterocycles. The van der Waals surface area contributed by atoms with E-state index >= 15 is 0 Å². The van der Waals surface area contributed by atoms with E-state index in [-0.39, 0.29) is 6.92 Å². The van der Waals surface area contributed by atoms with Gasteiger partial charge in [-0.2, -0.15) is 0 Å². The van der Waals surface area contributed by atoms with Crippen LogP contribution in [0.2, 0.25) is 0 Å². The van der Waals surface area contributed by atoms with Crippen LogP contribution in [0.1, 0.15) is 0 Å². The molecule has 1 aromatic heterocycles. The van der Waals surface area contributed by atoms with Gasteiger partial charge >= 0.3 is 6.92 Å². The van der Waals surface area contributed by atoms with Crippen molar-refractivity contribution in [2.45, 2.75) is 0 Å². The summed E-state index contributed by atoms with van der Waals surface area (Å²) in [6.45, 7) is -0.305.